The first-order valence-corrected chi connectivity index (χ1v) is 5.75. The highest BCUT2D eigenvalue weighted by Gasteiger charge is 2.22. The molecule has 0 amide bonds. The van der Waals surface area contributed by atoms with E-state index in [-0.39, 0.29) is 0 Å². The molecular formula is C9H12O2S. The molecular weight excluding hydrogens is 172 g/mol. The van der Waals surface area contributed by atoms with Crippen LogP contribution in [0.25, 0.3) is 0 Å². The van der Waals surface area contributed by atoms with Crippen LogP contribution in [0.3, 0.4) is 0 Å². The maximum absolute atomic E-state index is 9.67. The normalized spacial score (nSPS) is 22.8. The molecule has 1 aliphatic rings. The van der Waals surface area contributed by atoms with Crippen LogP contribution >= 0.6 is 10.6 Å². The summed E-state index contributed by atoms with van der Waals surface area (Å²) in [5.41, 5.74) is 1.10. The van der Waals surface area contributed by atoms with Crippen LogP contribution in [0, 0.1) is 0 Å². The Hall–Kier alpha value is -0.510. The second-order valence-electron chi connectivity index (χ2n) is 3.08. The van der Waals surface area contributed by atoms with Crippen molar-refractivity contribution >= 4 is 10.6 Å². The molecule has 2 rings (SSSR count). The van der Waals surface area contributed by atoms with Crippen LogP contribution in [0.2, 0.25) is 0 Å². The van der Waals surface area contributed by atoms with Gasteiger partial charge in [0.1, 0.15) is 0 Å². The lowest BCUT2D eigenvalue weighted by atomic mass is 10.1. The molecule has 1 aromatic rings. The zero-order valence-electron chi connectivity index (χ0n) is 6.73. The molecule has 0 spiro atoms. The van der Waals surface area contributed by atoms with Crippen molar-refractivity contribution in [2.45, 2.75) is 17.7 Å². The van der Waals surface area contributed by atoms with Crippen LogP contribution in [0.1, 0.15) is 12.0 Å². The van der Waals surface area contributed by atoms with E-state index in [0.717, 1.165) is 23.3 Å². The SMILES string of the molecule is OS1(O)CCCc2ccccc21. The van der Waals surface area contributed by atoms with Gasteiger partial charge in [0.2, 0.25) is 0 Å². The molecule has 2 N–H and O–H groups in total. The maximum Gasteiger partial charge on any atom is 0.0615 e. The average Bonchev–Trinajstić information content (AvgIpc) is 2.04. The van der Waals surface area contributed by atoms with Crippen LogP contribution in [0.15, 0.2) is 29.2 Å². The van der Waals surface area contributed by atoms with E-state index in [4.69, 9.17) is 0 Å². The zero-order valence-corrected chi connectivity index (χ0v) is 7.55. The monoisotopic (exact) mass is 184 g/mol. The van der Waals surface area contributed by atoms with Crippen LogP contribution in [-0.4, -0.2) is 14.9 Å². The third-order valence-corrected chi connectivity index (χ3v) is 4.16. The summed E-state index contributed by atoms with van der Waals surface area (Å²) in [4.78, 5) is 0.760. The molecule has 0 bridgehead atoms. The number of rotatable bonds is 0. The number of hydrogen-bond acceptors (Lipinski definition) is 2. The van der Waals surface area contributed by atoms with Crippen molar-refractivity contribution in [1.29, 1.82) is 0 Å². The Morgan fingerprint density at radius 3 is 2.67 bits per heavy atom. The van der Waals surface area contributed by atoms with Crippen molar-refractivity contribution in [3.05, 3.63) is 29.8 Å². The summed E-state index contributed by atoms with van der Waals surface area (Å²) < 4.78 is 19.3. The molecule has 66 valence electrons. The lowest BCUT2D eigenvalue weighted by molar-refractivity contribution is 0.478. The second-order valence-corrected chi connectivity index (χ2v) is 5.26. The smallest absolute Gasteiger partial charge is 0.0615 e. The minimum absolute atomic E-state index is 0.532. The molecule has 0 radical (unpaired) electrons. The van der Waals surface area contributed by atoms with E-state index >= 15 is 0 Å². The van der Waals surface area contributed by atoms with Crippen LogP contribution < -0.4 is 0 Å². The van der Waals surface area contributed by atoms with Gasteiger partial charge in [0.25, 0.3) is 0 Å². The van der Waals surface area contributed by atoms with Gasteiger partial charge in [0.05, 0.1) is 4.90 Å². The van der Waals surface area contributed by atoms with Gasteiger partial charge in [-0.05, 0) is 24.5 Å². The summed E-state index contributed by atoms with van der Waals surface area (Å²) in [6.45, 7) is 0. The molecule has 1 heterocycles. The predicted molar refractivity (Wildman–Crippen MR) is 50.7 cm³/mol. The van der Waals surface area contributed by atoms with E-state index in [1.807, 2.05) is 24.3 Å². The highest BCUT2D eigenvalue weighted by molar-refractivity contribution is 8.24. The highest BCUT2D eigenvalue weighted by atomic mass is 32.3. The molecule has 12 heavy (non-hydrogen) atoms. The van der Waals surface area contributed by atoms with E-state index in [1.54, 1.807) is 0 Å². The maximum atomic E-state index is 9.67. The van der Waals surface area contributed by atoms with Gasteiger partial charge in [0, 0.05) is 5.75 Å². The Balaban J connectivity index is 2.52. The van der Waals surface area contributed by atoms with E-state index in [2.05, 4.69) is 0 Å². The molecule has 0 saturated heterocycles. The fourth-order valence-corrected chi connectivity index (χ4v) is 3.26. The summed E-state index contributed by atoms with van der Waals surface area (Å²) in [5, 5.41) is 0. The highest BCUT2D eigenvalue weighted by Crippen LogP contribution is 2.52. The fourth-order valence-electron chi connectivity index (χ4n) is 1.60. The summed E-state index contributed by atoms with van der Waals surface area (Å²) in [6, 6.07) is 7.60. The van der Waals surface area contributed by atoms with E-state index < -0.39 is 10.6 Å². The Morgan fingerprint density at radius 1 is 1.17 bits per heavy atom. The van der Waals surface area contributed by atoms with Crippen molar-refractivity contribution < 1.29 is 9.11 Å². The summed E-state index contributed by atoms with van der Waals surface area (Å²) in [5.74, 6) is 0.532. The standard InChI is InChI=1S/C9H12O2S/c10-12(11)7-3-5-8-4-1-2-6-9(8)12/h1-2,4,6,10-11H,3,5,7H2. The molecule has 0 aliphatic carbocycles. The largest absolute Gasteiger partial charge is 0.295 e. The Morgan fingerprint density at radius 2 is 1.92 bits per heavy atom. The van der Waals surface area contributed by atoms with Crippen LogP contribution in [-0.2, 0) is 6.42 Å². The van der Waals surface area contributed by atoms with Gasteiger partial charge in [-0.1, -0.05) is 18.2 Å². The van der Waals surface area contributed by atoms with Gasteiger partial charge < -0.3 is 0 Å². The zero-order chi connectivity index (χ0) is 8.60. The van der Waals surface area contributed by atoms with E-state index in [0.29, 0.717) is 5.75 Å². The van der Waals surface area contributed by atoms with Gasteiger partial charge in [0.15, 0.2) is 0 Å². The minimum Gasteiger partial charge on any atom is -0.295 e. The summed E-state index contributed by atoms with van der Waals surface area (Å²) in [6.07, 6.45) is 1.87. The molecule has 0 unspecified atom stereocenters. The molecule has 0 aromatic heterocycles. The van der Waals surface area contributed by atoms with Crippen molar-refractivity contribution in [2.24, 2.45) is 0 Å². The minimum atomic E-state index is -2.44. The third-order valence-electron chi connectivity index (χ3n) is 2.20. The summed E-state index contributed by atoms with van der Waals surface area (Å²) in [7, 11) is -2.44. The molecule has 1 aliphatic heterocycles. The van der Waals surface area contributed by atoms with Crippen molar-refractivity contribution in [3.63, 3.8) is 0 Å². The quantitative estimate of drug-likeness (QED) is 0.651. The van der Waals surface area contributed by atoms with E-state index in [9.17, 15) is 9.11 Å². The van der Waals surface area contributed by atoms with Gasteiger partial charge in [-0.25, -0.2) is 0 Å². The van der Waals surface area contributed by atoms with Gasteiger partial charge in [-0.15, -0.1) is 0 Å². The molecule has 0 fully saturated rings. The lowest BCUT2D eigenvalue weighted by Crippen LogP contribution is -2.12. The molecule has 0 saturated carbocycles. The Kier molecular flexibility index (Phi) is 1.87. The Labute approximate surface area is 73.6 Å². The predicted octanol–water partition coefficient (Wildman–Crippen LogP) is 2.74. The fraction of sp³-hybridized carbons (Fsp3) is 0.333. The number of fused-ring (bicyclic) bond motifs is 1. The third kappa shape index (κ3) is 1.24. The number of benzene rings is 1. The first kappa shape index (κ1) is 8.10. The second kappa shape index (κ2) is 2.76. The van der Waals surface area contributed by atoms with Crippen molar-refractivity contribution in [2.75, 3.05) is 5.75 Å². The first-order valence-electron chi connectivity index (χ1n) is 4.04. The molecule has 1 aromatic carbocycles. The first-order chi connectivity index (χ1) is 5.70. The van der Waals surface area contributed by atoms with Crippen LogP contribution in [0.5, 0.6) is 0 Å². The number of hydrogen-bond donors (Lipinski definition) is 2. The van der Waals surface area contributed by atoms with Gasteiger partial charge in [-0.2, -0.15) is 10.6 Å². The number of aryl methyl sites for hydroxylation is 1. The molecule has 0 atom stereocenters. The average molecular weight is 184 g/mol. The topological polar surface area (TPSA) is 40.5 Å². The van der Waals surface area contributed by atoms with Crippen molar-refractivity contribution in [1.82, 2.24) is 0 Å². The van der Waals surface area contributed by atoms with Crippen molar-refractivity contribution in [3.8, 4) is 0 Å². The molecule has 3 heteroatoms. The Bertz CT molecular complexity index is 296. The molecule has 2 nitrogen and oxygen atoms in total. The van der Waals surface area contributed by atoms with Gasteiger partial charge in [-0.3, -0.25) is 9.11 Å². The van der Waals surface area contributed by atoms with E-state index in [1.165, 1.54) is 0 Å². The van der Waals surface area contributed by atoms with Crippen LogP contribution in [0.4, 0.5) is 0 Å². The lowest BCUT2D eigenvalue weighted by Gasteiger charge is -2.37. The van der Waals surface area contributed by atoms with Gasteiger partial charge >= 0.3 is 0 Å². The summed E-state index contributed by atoms with van der Waals surface area (Å²) >= 11 is 0.